The molecule has 0 amide bonds. The van der Waals surface area contributed by atoms with E-state index in [1.165, 1.54) is 0 Å². The molecule has 134 valence electrons. The molecule has 6 nitrogen and oxygen atoms in total. The summed E-state index contributed by atoms with van der Waals surface area (Å²) in [5.41, 5.74) is 2.32. The molecule has 0 bridgehead atoms. The standard InChI is InChI=1S/C20H20N2O4/c1-4-24-17-8-6-5-7-16(17)20(23)25-14(3)18-21-22-19(26-18)15-11-9-13(2)10-12-15/h5-12,14H,4H2,1-3H3/t14-/m0/s1. The minimum atomic E-state index is -0.677. The Morgan fingerprint density at radius 2 is 1.85 bits per heavy atom. The van der Waals surface area contributed by atoms with Crippen LogP contribution in [0.1, 0.15) is 41.8 Å². The summed E-state index contributed by atoms with van der Waals surface area (Å²) in [4.78, 5) is 12.4. The zero-order valence-electron chi connectivity index (χ0n) is 14.9. The zero-order valence-corrected chi connectivity index (χ0v) is 14.9. The predicted octanol–water partition coefficient (Wildman–Crippen LogP) is 4.36. The molecule has 1 heterocycles. The summed E-state index contributed by atoms with van der Waals surface area (Å²) in [6.07, 6.45) is -0.677. The number of carbonyl (C=O) groups is 1. The van der Waals surface area contributed by atoms with Gasteiger partial charge in [0.2, 0.25) is 5.89 Å². The van der Waals surface area contributed by atoms with Gasteiger partial charge in [0.25, 0.3) is 5.89 Å². The van der Waals surface area contributed by atoms with E-state index in [2.05, 4.69) is 10.2 Å². The topological polar surface area (TPSA) is 74.5 Å². The van der Waals surface area contributed by atoms with Crippen molar-refractivity contribution in [2.24, 2.45) is 0 Å². The summed E-state index contributed by atoms with van der Waals surface area (Å²) < 4.78 is 16.6. The number of aromatic nitrogens is 2. The smallest absolute Gasteiger partial charge is 0.342 e. The van der Waals surface area contributed by atoms with Crippen molar-refractivity contribution in [3.05, 3.63) is 65.5 Å². The highest BCUT2D eigenvalue weighted by molar-refractivity contribution is 5.92. The number of para-hydroxylation sites is 1. The van der Waals surface area contributed by atoms with Gasteiger partial charge < -0.3 is 13.9 Å². The van der Waals surface area contributed by atoms with Crippen molar-refractivity contribution in [2.75, 3.05) is 6.61 Å². The molecule has 3 aromatic rings. The largest absolute Gasteiger partial charge is 0.493 e. The number of hydrogen-bond donors (Lipinski definition) is 0. The van der Waals surface area contributed by atoms with Gasteiger partial charge in [-0.2, -0.15) is 0 Å². The van der Waals surface area contributed by atoms with E-state index in [0.717, 1.165) is 11.1 Å². The fourth-order valence-electron chi connectivity index (χ4n) is 2.40. The summed E-state index contributed by atoms with van der Waals surface area (Å²) in [5, 5.41) is 8.03. The first-order valence-corrected chi connectivity index (χ1v) is 8.41. The molecule has 0 spiro atoms. The van der Waals surface area contributed by atoms with E-state index in [4.69, 9.17) is 13.9 Å². The Labute approximate surface area is 151 Å². The zero-order chi connectivity index (χ0) is 18.5. The van der Waals surface area contributed by atoms with Crippen LogP contribution in [-0.4, -0.2) is 22.8 Å². The lowest BCUT2D eigenvalue weighted by atomic mass is 10.1. The normalized spacial score (nSPS) is 11.8. The molecule has 3 rings (SSSR count). The van der Waals surface area contributed by atoms with Gasteiger partial charge in [0.15, 0.2) is 6.10 Å². The Hall–Kier alpha value is -3.15. The molecule has 0 radical (unpaired) electrons. The van der Waals surface area contributed by atoms with Crippen molar-refractivity contribution in [2.45, 2.75) is 26.9 Å². The van der Waals surface area contributed by atoms with Gasteiger partial charge in [-0.1, -0.05) is 29.8 Å². The third-order valence-corrected chi connectivity index (χ3v) is 3.78. The summed E-state index contributed by atoms with van der Waals surface area (Å²) in [7, 11) is 0. The summed E-state index contributed by atoms with van der Waals surface area (Å²) in [6.45, 7) is 6.01. The molecule has 2 aromatic carbocycles. The molecule has 26 heavy (non-hydrogen) atoms. The number of rotatable bonds is 6. The average molecular weight is 352 g/mol. The summed E-state index contributed by atoms with van der Waals surface area (Å²) >= 11 is 0. The fourth-order valence-corrected chi connectivity index (χ4v) is 2.40. The molecule has 0 unspecified atom stereocenters. The first-order chi connectivity index (χ1) is 12.6. The third-order valence-electron chi connectivity index (χ3n) is 3.78. The van der Waals surface area contributed by atoms with Gasteiger partial charge in [0.05, 0.1) is 6.61 Å². The number of hydrogen-bond acceptors (Lipinski definition) is 6. The number of benzene rings is 2. The molecule has 1 aromatic heterocycles. The first-order valence-electron chi connectivity index (χ1n) is 8.41. The fraction of sp³-hybridized carbons (Fsp3) is 0.250. The van der Waals surface area contributed by atoms with Gasteiger partial charge in [-0.3, -0.25) is 0 Å². The molecule has 1 atom stereocenters. The number of ether oxygens (including phenoxy) is 2. The van der Waals surface area contributed by atoms with Crippen molar-refractivity contribution >= 4 is 5.97 Å². The molecule has 0 saturated carbocycles. The number of aryl methyl sites for hydroxylation is 1. The average Bonchev–Trinajstić information content (AvgIpc) is 3.13. The van der Waals surface area contributed by atoms with Crippen LogP contribution in [0.4, 0.5) is 0 Å². The Balaban J connectivity index is 1.73. The minimum Gasteiger partial charge on any atom is -0.493 e. The second-order valence-electron chi connectivity index (χ2n) is 5.79. The van der Waals surface area contributed by atoms with Gasteiger partial charge in [0.1, 0.15) is 11.3 Å². The SMILES string of the molecule is CCOc1ccccc1C(=O)O[C@@H](C)c1nnc(-c2ccc(C)cc2)o1. The highest BCUT2D eigenvalue weighted by Crippen LogP contribution is 2.25. The lowest BCUT2D eigenvalue weighted by molar-refractivity contribution is 0.0276. The van der Waals surface area contributed by atoms with Crippen LogP contribution in [0.2, 0.25) is 0 Å². The Kier molecular flexibility index (Phi) is 5.31. The molecular weight excluding hydrogens is 332 g/mol. The molecule has 0 aliphatic rings. The van der Waals surface area contributed by atoms with Crippen molar-refractivity contribution in [3.8, 4) is 17.2 Å². The van der Waals surface area contributed by atoms with Crippen LogP contribution in [0.25, 0.3) is 11.5 Å². The molecule has 0 N–H and O–H groups in total. The highest BCUT2D eigenvalue weighted by atomic mass is 16.6. The maximum atomic E-state index is 12.4. The molecule has 0 aliphatic carbocycles. The van der Waals surface area contributed by atoms with Gasteiger partial charge >= 0.3 is 5.97 Å². The maximum Gasteiger partial charge on any atom is 0.342 e. The van der Waals surface area contributed by atoms with E-state index in [9.17, 15) is 4.79 Å². The molecule has 0 saturated heterocycles. The highest BCUT2D eigenvalue weighted by Gasteiger charge is 2.22. The van der Waals surface area contributed by atoms with E-state index in [0.29, 0.717) is 23.8 Å². The van der Waals surface area contributed by atoms with E-state index in [1.807, 2.05) is 38.1 Å². The van der Waals surface area contributed by atoms with Gasteiger partial charge in [0, 0.05) is 5.56 Å². The Morgan fingerprint density at radius 3 is 2.58 bits per heavy atom. The maximum absolute atomic E-state index is 12.4. The molecule has 0 fully saturated rings. The van der Waals surface area contributed by atoms with Crippen LogP contribution in [0, 0.1) is 6.92 Å². The lowest BCUT2D eigenvalue weighted by Gasteiger charge is -2.12. The van der Waals surface area contributed by atoms with Crippen LogP contribution in [0.3, 0.4) is 0 Å². The summed E-state index contributed by atoms with van der Waals surface area (Å²) in [6, 6.07) is 14.7. The second kappa shape index (κ2) is 7.82. The van der Waals surface area contributed by atoms with Crippen LogP contribution in [-0.2, 0) is 4.74 Å². The Morgan fingerprint density at radius 1 is 1.12 bits per heavy atom. The lowest BCUT2D eigenvalue weighted by Crippen LogP contribution is -2.11. The predicted molar refractivity (Wildman–Crippen MR) is 95.9 cm³/mol. The van der Waals surface area contributed by atoms with E-state index >= 15 is 0 Å². The Bertz CT molecular complexity index is 887. The minimum absolute atomic E-state index is 0.239. The van der Waals surface area contributed by atoms with Crippen molar-refractivity contribution in [3.63, 3.8) is 0 Å². The monoisotopic (exact) mass is 352 g/mol. The van der Waals surface area contributed by atoms with E-state index in [1.54, 1.807) is 31.2 Å². The van der Waals surface area contributed by atoms with Crippen LogP contribution >= 0.6 is 0 Å². The van der Waals surface area contributed by atoms with Crippen LogP contribution in [0.15, 0.2) is 52.9 Å². The quantitative estimate of drug-likeness (QED) is 0.614. The molecular formula is C20H20N2O4. The van der Waals surface area contributed by atoms with Gasteiger partial charge in [-0.05, 0) is 45.0 Å². The first kappa shape index (κ1) is 17.7. The second-order valence-corrected chi connectivity index (χ2v) is 5.79. The van der Waals surface area contributed by atoms with Gasteiger partial charge in [-0.25, -0.2) is 4.79 Å². The third kappa shape index (κ3) is 3.91. The van der Waals surface area contributed by atoms with Crippen molar-refractivity contribution in [1.29, 1.82) is 0 Å². The van der Waals surface area contributed by atoms with Crippen LogP contribution in [0.5, 0.6) is 5.75 Å². The van der Waals surface area contributed by atoms with E-state index < -0.39 is 12.1 Å². The number of carbonyl (C=O) groups excluding carboxylic acids is 1. The van der Waals surface area contributed by atoms with Crippen LogP contribution < -0.4 is 4.74 Å². The summed E-state index contributed by atoms with van der Waals surface area (Å²) in [5.74, 6) is 0.607. The van der Waals surface area contributed by atoms with Crippen molar-refractivity contribution in [1.82, 2.24) is 10.2 Å². The molecule has 6 heteroatoms. The van der Waals surface area contributed by atoms with Gasteiger partial charge in [-0.15, -0.1) is 10.2 Å². The number of esters is 1. The molecule has 0 aliphatic heterocycles. The number of nitrogens with zero attached hydrogens (tertiary/aromatic N) is 2. The van der Waals surface area contributed by atoms with E-state index in [-0.39, 0.29) is 5.89 Å². The van der Waals surface area contributed by atoms with Crippen molar-refractivity contribution < 1.29 is 18.7 Å².